The van der Waals surface area contributed by atoms with Crippen LogP contribution >= 0.6 is 0 Å². The molecule has 0 fully saturated rings. The van der Waals surface area contributed by atoms with Crippen molar-refractivity contribution in [2.24, 2.45) is 0 Å². The minimum atomic E-state index is -0.271. The van der Waals surface area contributed by atoms with E-state index >= 15 is 0 Å². The number of hydrogen-bond donors (Lipinski definition) is 2. The zero-order chi connectivity index (χ0) is 35.9. The van der Waals surface area contributed by atoms with Gasteiger partial charge in [-0.2, -0.15) is 0 Å². The molecule has 10 heteroatoms. The van der Waals surface area contributed by atoms with Crippen LogP contribution in [0.1, 0.15) is 28.1 Å². The van der Waals surface area contributed by atoms with Gasteiger partial charge in [0.25, 0.3) is 11.8 Å². The number of fused-ring (bicyclic) bond motifs is 2. The predicted octanol–water partition coefficient (Wildman–Crippen LogP) is 7.68. The van der Waals surface area contributed by atoms with E-state index in [-0.39, 0.29) is 25.0 Å². The van der Waals surface area contributed by atoms with E-state index in [1.54, 1.807) is 7.11 Å². The Morgan fingerprint density at radius 3 is 1.75 bits per heavy atom. The number of nitrogens with zero attached hydrogens (tertiary/aromatic N) is 2. The SMILES string of the molecule is COc1ccc2nc(C)cc(OCC(=O)Nc3ccc(CCOc4ccc5nc(C)cc(OCC(=O)Nc6ccc(C)cc6)c5c4)c(C)c3)c2c1. The van der Waals surface area contributed by atoms with E-state index in [9.17, 15) is 9.59 Å². The number of carbonyl (C=O) groups is 2. The molecule has 4 aromatic carbocycles. The van der Waals surface area contributed by atoms with Crippen molar-refractivity contribution in [3.63, 3.8) is 0 Å². The molecule has 0 atom stereocenters. The third kappa shape index (κ3) is 8.90. The van der Waals surface area contributed by atoms with Crippen LogP contribution in [0.4, 0.5) is 11.4 Å². The van der Waals surface area contributed by atoms with Crippen molar-refractivity contribution in [2.75, 3.05) is 37.6 Å². The summed E-state index contributed by atoms with van der Waals surface area (Å²) in [4.78, 5) is 34.6. The van der Waals surface area contributed by atoms with Gasteiger partial charge < -0.3 is 29.6 Å². The van der Waals surface area contributed by atoms with E-state index < -0.39 is 0 Å². The average molecular weight is 685 g/mol. The van der Waals surface area contributed by atoms with E-state index in [2.05, 4.69) is 20.6 Å². The summed E-state index contributed by atoms with van der Waals surface area (Å²) in [7, 11) is 1.60. The Labute approximate surface area is 296 Å². The van der Waals surface area contributed by atoms with Crippen LogP contribution < -0.4 is 29.6 Å². The van der Waals surface area contributed by atoms with Gasteiger partial charge in [-0.1, -0.05) is 23.8 Å². The molecular weight excluding hydrogens is 644 g/mol. The Hall–Kier alpha value is -6.16. The second-order valence-electron chi connectivity index (χ2n) is 12.4. The van der Waals surface area contributed by atoms with Crippen LogP contribution in [0.2, 0.25) is 0 Å². The summed E-state index contributed by atoms with van der Waals surface area (Å²) in [6.45, 7) is 7.91. The number of nitrogens with one attached hydrogen (secondary N) is 2. The maximum Gasteiger partial charge on any atom is 0.262 e. The highest BCUT2D eigenvalue weighted by Crippen LogP contribution is 2.31. The number of ether oxygens (including phenoxy) is 4. The van der Waals surface area contributed by atoms with Gasteiger partial charge in [-0.05, 0) is 99.5 Å². The summed E-state index contributed by atoms with van der Waals surface area (Å²) in [6.07, 6.45) is 0.661. The second-order valence-corrected chi connectivity index (χ2v) is 12.4. The molecule has 2 amide bonds. The molecule has 0 unspecified atom stereocenters. The highest BCUT2D eigenvalue weighted by Gasteiger charge is 2.13. The van der Waals surface area contributed by atoms with E-state index in [4.69, 9.17) is 18.9 Å². The lowest BCUT2D eigenvalue weighted by Gasteiger charge is -2.14. The number of methoxy groups -OCH3 is 1. The summed E-state index contributed by atoms with van der Waals surface area (Å²) >= 11 is 0. The standard InChI is InChI=1S/C41H40N4O6/c1-25-6-9-30(10-7-25)44-40(46)23-50-39-20-28(4)43-37-15-13-33(22-35(37)39)49-17-16-29-8-11-31(18-26(29)2)45-41(47)24-51-38-19-27(3)42-36-14-12-32(48-5)21-34(36)38/h6-15,18-22H,16-17,23-24H2,1-5H3,(H,44,46)(H,45,47). The molecule has 0 aliphatic carbocycles. The summed E-state index contributed by atoms with van der Waals surface area (Å²) in [5.74, 6) is 1.96. The predicted molar refractivity (Wildman–Crippen MR) is 199 cm³/mol. The third-order valence-corrected chi connectivity index (χ3v) is 8.30. The number of rotatable bonds is 13. The van der Waals surface area contributed by atoms with Crippen molar-refractivity contribution in [3.8, 4) is 23.0 Å². The first kappa shape index (κ1) is 34.7. The van der Waals surface area contributed by atoms with Crippen LogP contribution in [0, 0.1) is 27.7 Å². The molecule has 2 N–H and O–H groups in total. The molecule has 6 aromatic rings. The Morgan fingerprint density at radius 2 is 1.16 bits per heavy atom. The number of hydrogen-bond acceptors (Lipinski definition) is 8. The average Bonchev–Trinajstić information content (AvgIpc) is 3.11. The minimum Gasteiger partial charge on any atom is -0.497 e. The van der Waals surface area contributed by atoms with Gasteiger partial charge in [-0.3, -0.25) is 19.6 Å². The van der Waals surface area contributed by atoms with Gasteiger partial charge in [0, 0.05) is 52.1 Å². The van der Waals surface area contributed by atoms with Crippen LogP contribution in [0.15, 0.2) is 91.0 Å². The smallest absolute Gasteiger partial charge is 0.262 e. The molecule has 2 aromatic heterocycles. The van der Waals surface area contributed by atoms with Gasteiger partial charge in [0.05, 0.1) is 24.8 Å². The van der Waals surface area contributed by atoms with Gasteiger partial charge in [-0.15, -0.1) is 0 Å². The monoisotopic (exact) mass is 684 g/mol. The summed E-state index contributed by atoms with van der Waals surface area (Å²) in [5, 5.41) is 7.32. The third-order valence-electron chi connectivity index (χ3n) is 8.30. The number of aromatic nitrogens is 2. The number of pyridine rings is 2. The molecule has 2 heterocycles. The highest BCUT2D eigenvalue weighted by molar-refractivity contribution is 5.94. The fourth-order valence-electron chi connectivity index (χ4n) is 5.71. The van der Waals surface area contributed by atoms with Crippen molar-refractivity contribution in [2.45, 2.75) is 34.1 Å². The first-order valence-electron chi connectivity index (χ1n) is 16.6. The minimum absolute atomic E-state index is 0.141. The molecule has 0 aliphatic heterocycles. The van der Waals surface area contributed by atoms with E-state index in [1.807, 2.05) is 119 Å². The summed E-state index contributed by atoms with van der Waals surface area (Å²) < 4.78 is 23.4. The van der Waals surface area contributed by atoms with Gasteiger partial charge in [0.1, 0.15) is 23.0 Å². The lowest BCUT2D eigenvalue weighted by molar-refractivity contribution is -0.118. The Balaban J connectivity index is 1.03. The van der Waals surface area contributed by atoms with Gasteiger partial charge in [0.15, 0.2) is 13.2 Å². The zero-order valence-electron chi connectivity index (χ0n) is 29.3. The second kappa shape index (κ2) is 15.6. The Morgan fingerprint density at radius 1 is 0.608 bits per heavy atom. The fraction of sp³-hybridized carbons (Fsp3) is 0.220. The maximum atomic E-state index is 12.8. The first-order valence-corrected chi connectivity index (χ1v) is 16.6. The number of amides is 2. The van der Waals surface area contributed by atoms with Crippen LogP contribution in [0.3, 0.4) is 0 Å². The zero-order valence-corrected chi connectivity index (χ0v) is 29.3. The Bertz CT molecular complexity index is 2220. The van der Waals surface area contributed by atoms with E-state index in [1.165, 1.54) is 0 Å². The summed E-state index contributed by atoms with van der Waals surface area (Å²) in [6, 6.07) is 28.2. The molecule has 51 heavy (non-hydrogen) atoms. The number of benzene rings is 4. The molecule has 0 saturated heterocycles. The lowest BCUT2D eigenvalue weighted by Crippen LogP contribution is -2.20. The molecular formula is C41H40N4O6. The fourth-order valence-corrected chi connectivity index (χ4v) is 5.71. The lowest BCUT2D eigenvalue weighted by atomic mass is 10.1. The van der Waals surface area contributed by atoms with Gasteiger partial charge >= 0.3 is 0 Å². The van der Waals surface area contributed by atoms with Crippen molar-refractivity contribution in [1.29, 1.82) is 0 Å². The topological polar surface area (TPSA) is 121 Å². The Kier molecular flexibility index (Phi) is 10.6. The van der Waals surface area contributed by atoms with Crippen molar-refractivity contribution in [3.05, 3.63) is 119 Å². The molecule has 0 aliphatic rings. The van der Waals surface area contributed by atoms with E-state index in [0.717, 1.165) is 49.9 Å². The van der Waals surface area contributed by atoms with Crippen LogP contribution in [-0.2, 0) is 16.0 Å². The van der Waals surface area contributed by atoms with Crippen molar-refractivity contribution in [1.82, 2.24) is 9.97 Å². The molecule has 6 rings (SSSR count). The number of anilines is 2. The normalized spacial score (nSPS) is 10.9. The van der Waals surface area contributed by atoms with Gasteiger partial charge in [0.2, 0.25) is 0 Å². The van der Waals surface area contributed by atoms with Gasteiger partial charge in [-0.25, -0.2) is 0 Å². The number of carbonyl (C=O) groups excluding carboxylic acids is 2. The highest BCUT2D eigenvalue weighted by atomic mass is 16.5. The quantitative estimate of drug-likeness (QED) is 0.127. The van der Waals surface area contributed by atoms with Crippen LogP contribution in [-0.4, -0.2) is 48.7 Å². The largest absolute Gasteiger partial charge is 0.497 e. The molecule has 10 nitrogen and oxygen atoms in total. The maximum absolute atomic E-state index is 12.8. The molecule has 0 radical (unpaired) electrons. The van der Waals surface area contributed by atoms with Crippen LogP contribution in [0.5, 0.6) is 23.0 Å². The van der Waals surface area contributed by atoms with E-state index in [0.29, 0.717) is 47.4 Å². The molecule has 0 bridgehead atoms. The molecule has 0 spiro atoms. The molecule has 0 saturated carbocycles. The first-order chi connectivity index (χ1) is 24.6. The number of aryl methyl sites for hydroxylation is 4. The summed E-state index contributed by atoms with van der Waals surface area (Å²) in [5.41, 5.74) is 7.73. The van der Waals surface area contributed by atoms with Crippen molar-refractivity contribution < 1.29 is 28.5 Å². The van der Waals surface area contributed by atoms with Crippen LogP contribution in [0.25, 0.3) is 21.8 Å². The van der Waals surface area contributed by atoms with Crippen molar-refractivity contribution >= 4 is 45.0 Å². The molecule has 260 valence electrons.